The van der Waals surface area contributed by atoms with E-state index in [9.17, 15) is 4.79 Å². The molecule has 3 nitrogen and oxygen atoms in total. The molecule has 1 atom stereocenters. The van der Waals surface area contributed by atoms with Gasteiger partial charge < -0.3 is 10.5 Å². The second kappa shape index (κ2) is 5.55. The number of fused-ring (bicyclic) bond motifs is 1. The Bertz CT molecular complexity index is 485. The summed E-state index contributed by atoms with van der Waals surface area (Å²) < 4.78 is 5.55. The molecule has 0 radical (unpaired) electrons. The molecule has 1 aliphatic heterocycles. The zero-order valence-corrected chi connectivity index (χ0v) is 10.9. The number of hydrogen-bond acceptors (Lipinski definition) is 3. The maximum Gasteiger partial charge on any atom is 0.154 e. The molecule has 1 heterocycles. The first-order valence-corrected chi connectivity index (χ1v) is 6.33. The predicted molar refractivity (Wildman–Crippen MR) is 72.2 cm³/mol. The monoisotopic (exact) mass is 265 g/mol. The van der Waals surface area contributed by atoms with E-state index >= 15 is 0 Å². The van der Waals surface area contributed by atoms with Gasteiger partial charge in [0.15, 0.2) is 5.78 Å². The highest BCUT2D eigenvalue weighted by molar-refractivity contribution is 6.30. The highest BCUT2D eigenvalue weighted by Gasteiger charge is 2.21. The third-order valence-electron chi connectivity index (χ3n) is 3.02. The van der Waals surface area contributed by atoms with Gasteiger partial charge in [-0.05, 0) is 24.1 Å². The van der Waals surface area contributed by atoms with Crippen LogP contribution in [0.3, 0.4) is 0 Å². The second-order valence-electron chi connectivity index (χ2n) is 4.43. The standard InChI is InChI=1S/C14H16ClNO2/c1-2-3-12(16)13(17)8-10-7-11(15)6-9-4-5-18-14(9)10/h2,6-7,12H,1,3-5,8,16H2. The van der Waals surface area contributed by atoms with Crippen molar-refractivity contribution >= 4 is 17.4 Å². The Balaban J connectivity index is 2.19. The molecule has 0 bridgehead atoms. The molecule has 1 aliphatic rings. The van der Waals surface area contributed by atoms with Crippen LogP contribution in [0.5, 0.6) is 5.75 Å². The summed E-state index contributed by atoms with van der Waals surface area (Å²) in [6, 6.07) is 3.17. The summed E-state index contributed by atoms with van der Waals surface area (Å²) >= 11 is 6.04. The van der Waals surface area contributed by atoms with Crippen molar-refractivity contribution in [3.05, 3.63) is 40.9 Å². The smallest absolute Gasteiger partial charge is 0.154 e. The van der Waals surface area contributed by atoms with Gasteiger partial charge in [-0.15, -0.1) is 6.58 Å². The number of carbonyl (C=O) groups excluding carboxylic acids is 1. The minimum atomic E-state index is -0.501. The fraction of sp³-hybridized carbons (Fsp3) is 0.357. The predicted octanol–water partition coefficient (Wildman–Crippen LogP) is 2.29. The van der Waals surface area contributed by atoms with E-state index in [1.807, 2.05) is 6.07 Å². The largest absolute Gasteiger partial charge is 0.493 e. The maximum absolute atomic E-state index is 11.9. The van der Waals surface area contributed by atoms with E-state index in [4.69, 9.17) is 22.1 Å². The van der Waals surface area contributed by atoms with Crippen molar-refractivity contribution in [2.24, 2.45) is 5.73 Å². The van der Waals surface area contributed by atoms with E-state index in [0.29, 0.717) is 18.1 Å². The van der Waals surface area contributed by atoms with Gasteiger partial charge in [0.2, 0.25) is 0 Å². The number of carbonyl (C=O) groups is 1. The first-order chi connectivity index (χ1) is 8.61. The van der Waals surface area contributed by atoms with Crippen LogP contribution in [-0.2, 0) is 17.6 Å². The van der Waals surface area contributed by atoms with Crippen molar-refractivity contribution < 1.29 is 9.53 Å². The Morgan fingerprint density at radius 2 is 2.39 bits per heavy atom. The van der Waals surface area contributed by atoms with Crippen LogP contribution in [0.15, 0.2) is 24.8 Å². The molecule has 1 aromatic carbocycles. The lowest BCUT2D eigenvalue weighted by molar-refractivity contribution is -0.119. The van der Waals surface area contributed by atoms with Crippen LogP contribution in [-0.4, -0.2) is 18.4 Å². The Labute approximate surface area is 112 Å². The van der Waals surface area contributed by atoms with E-state index in [1.54, 1.807) is 12.1 Å². The van der Waals surface area contributed by atoms with Gasteiger partial charge in [-0.2, -0.15) is 0 Å². The number of Topliss-reactive ketones (excluding diaryl/α,β-unsaturated/α-hetero) is 1. The molecule has 2 N–H and O–H groups in total. The van der Waals surface area contributed by atoms with Crippen LogP contribution >= 0.6 is 11.6 Å². The molecule has 0 aliphatic carbocycles. The summed E-state index contributed by atoms with van der Waals surface area (Å²) in [5.41, 5.74) is 7.67. The Morgan fingerprint density at radius 1 is 1.61 bits per heavy atom. The fourth-order valence-electron chi connectivity index (χ4n) is 2.11. The molecule has 0 amide bonds. The Morgan fingerprint density at radius 3 is 3.11 bits per heavy atom. The molecule has 18 heavy (non-hydrogen) atoms. The SMILES string of the molecule is C=CCC(N)C(=O)Cc1cc(Cl)cc2c1OCC2. The lowest BCUT2D eigenvalue weighted by Gasteiger charge is -2.11. The van der Waals surface area contributed by atoms with Gasteiger partial charge in [-0.25, -0.2) is 0 Å². The van der Waals surface area contributed by atoms with Crippen LogP contribution in [0.25, 0.3) is 0 Å². The molecule has 0 saturated heterocycles. The normalized spacial score (nSPS) is 14.8. The van der Waals surface area contributed by atoms with Crippen molar-refractivity contribution in [1.82, 2.24) is 0 Å². The van der Waals surface area contributed by atoms with Crippen molar-refractivity contribution in [3.63, 3.8) is 0 Å². The second-order valence-corrected chi connectivity index (χ2v) is 4.86. The minimum Gasteiger partial charge on any atom is -0.493 e. The van der Waals surface area contributed by atoms with Gasteiger partial charge in [0.1, 0.15) is 5.75 Å². The topological polar surface area (TPSA) is 52.3 Å². The fourth-order valence-corrected chi connectivity index (χ4v) is 2.37. The molecule has 0 saturated carbocycles. The number of halogens is 1. The van der Waals surface area contributed by atoms with E-state index in [1.165, 1.54) is 0 Å². The highest BCUT2D eigenvalue weighted by Crippen LogP contribution is 2.33. The molecule has 0 spiro atoms. The summed E-state index contributed by atoms with van der Waals surface area (Å²) in [4.78, 5) is 11.9. The van der Waals surface area contributed by atoms with Crippen molar-refractivity contribution in [1.29, 1.82) is 0 Å². The number of ether oxygens (including phenoxy) is 1. The number of hydrogen-bond donors (Lipinski definition) is 1. The van der Waals surface area contributed by atoms with Crippen LogP contribution < -0.4 is 10.5 Å². The van der Waals surface area contributed by atoms with Crippen LogP contribution in [0.2, 0.25) is 5.02 Å². The van der Waals surface area contributed by atoms with Gasteiger partial charge in [0.05, 0.1) is 12.6 Å². The Kier molecular flexibility index (Phi) is 4.04. The van der Waals surface area contributed by atoms with Crippen LogP contribution in [0, 0.1) is 0 Å². The Hall–Kier alpha value is -1.32. The molecular formula is C14H16ClNO2. The molecule has 4 heteroatoms. The third kappa shape index (κ3) is 2.74. The summed E-state index contributed by atoms with van der Waals surface area (Å²) in [6.45, 7) is 4.23. The van der Waals surface area contributed by atoms with Crippen molar-refractivity contribution in [2.45, 2.75) is 25.3 Å². The van der Waals surface area contributed by atoms with Gasteiger partial charge in [0.25, 0.3) is 0 Å². The van der Waals surface area contributed by atoms with E-state index in [-0.39, 0.29) is 12.2 Å². The number of nitrogens with two attached hydrogens (primary N) is 1. The van der Waals surface area contributed by atoms with E-state index < -0.39 is 6.04 Å². The summed E-state index contributed by atoms with van der Waals surface area (Å²) in [5.74, 6) is 0.786. The van der Waals surface area contributed by atoms with Crippen molar-refractivity contribution in [3.8, 4) is 5.75 Å². The van der Waals surface area contributed by atoms with Gasteiger partial charge >= 0.3 is 0 Å². The first-order valence-electron chi connectivity index (χ1n) is 5.95. The molecular weight excluding hydrogens is 250 g/mol. The molecule has 0 aromatic heterocycles. The zero-order valence-electron chi connectivity index (χ0n) is 10.1. The third-order valence-corrected chi connectivity index (χ3v) is 3.24. The molecule has 0 fully saturated rings. The van der Waals surface area contributed by atoms with E-state index in [0.717, 1.165) is 23.3 Å². The summed E-state index contributed by atoms with van der Waals surface area (Å²) in [5, 5.41) is 0.638. The minimum absolute atomic E-state index is 0.0186. The number of rotatable bonds is 5. The summed E-state index contributed by atoms with van der Waals surface area (Å²) in [6.07, 6.45) is 3.25. The maximum atomic E-state index is 11.9. The number of benzene rings is 1. The molecule has 1 unspecified atom stereocenters. The summed E-state index contributed by atoms with van der Waals surface area (Å²) in [7, 11) is 0. The average Bonchev–Trinajstić information content (AvgIpc) is 2.77. The molecule has 1 aromatic rings. The van der Waals surface area contributed by atoms with Crippen LogP contribution in [0.1, 0.15) is 17.5 Å². The lowest BCUT2D eigenvalue weighted by atomic mass is 9.99. The van der Waals surface area contributed by atoms with Crippen LogP contribution in [0.4, 0.5) is 0 Å². The molecule has 96 valence electrons. The van der Waals surface area contributed by atoms with Crippen molar-refractivity contribution in [2.75, 3.05) is 6.61 Å². The highest BCUT2D eigenvalue weighted by atomic mass is 35.5. The van der Waals surface area contributed by atoms with Gasteiger partial charge in [-0.3, -0.25) is 4.79 Å². The average molecular weight is 266 g/mol. The zero-order chi connectivity index (χ0) is 13.1. The van der Waals surface area contributed by atoms with E-state index in [2.05, 4.69) is 6.58 Å². The number of ketones is 1. The first kappa shape index (κ1) is 13.1. The quantitative estimate of drug-likeness (QED) is 0.831. The molecule has 2 rings (SSSR count). The van der Waals surface area contributed by atoms with Gasteiger partial charge in [-0.1, -0.05) is 17.7 Å². The lowest BCUT2D eigenvalue weighted by Crippen LogP contribution is -2.31. The van der Waals surface area contributed by atoms with Gasteiger partial charge in [0, 0.05) is 23.4 Å².